The van der Waals surface area contributed by atoms with Gasteiger partial charge in [0.15, 0.2) is 5.96 Å². The lowest BCUT2D eigenvalue weighted by Gasteiger charge is -2.35. The molecule has 2 aliphatic rings. The van der Waals surface area contributed by atoms with Crippen molar-refractivity contribution in [1.82, 2.24) is 15.5 Å². The van der Waals surface area contributed by atoms with Gasteiger partial charge in [-0.1, -0.05) is 30.3 Å². The lowest BCUT2D eigenvalue weighted by Crippen LogP contribution is -2.50. The van der Waals surface area contributed by atoms with E-state index in [0.717, 1.165) is 11.9 Å². The molecule has 0 bridgehead atoms. The van der Waals surface area contributed by atoms with Gasteiger partial charge in [0.1, 0.15) is 0 Å². The number of nitrogens with one attached hydrogen (secondary N) is 2. The average Bonchev–Trinajstić information content (AvgIpc) is 3.33. The zero-order valence-electron chi connectivity index (χ0n) is 15.3. The largest absolute Gasteiger partial charge is 0.354 e. The van der Waals surface area contributed by atoms with Crippen molar-refractivity contribution in [2.24, 2.45) is 10.9 Å². The van der Waals surface area contributed by atoms with Gasteiger partial charge in [0, 0.05) is 38.3 Å². The first-order valence-electron chi connectivity index (χ1n) is 9.43. The molecule has 2 fully saturated rings. The molecule has 4 heteroatoms. The molecule has 1 heterocycles. The van der Waals surface area contributed by atoms with E-state index in [1.165, 1.54) is 44.3 Å². The van der Waals surface area contributed by atoms with Gasteiger partial charge in [0.05, 0.1) is 0 Å². The SMILES string of the molecule is CN=C(NC1CCN(C(C)C)CC1)NC1CC1Cc1ccccc1. The highest BCUT2D eigenvalue weighted by Crippen LogP contribution is 2.33. The quantitative estimate of drug-likeness (QED) is 0.645. The summed E-state index contributed by atoms with van der Waals surface area (Å²) in [5, 5.41) is 7.25. The van der Waals surface area contributed by atoms with Gasteiger partial charge in [-0.2, -0.15) is 0 Å². The first-order valence-corrected chi connectivity index (χ1v) is 9.43. The van der Waals surface area contributed by atoms with Crippen LogP contribution in [0.1, 0.15) is 38.7 Å². The Morgan fingerprint density at radius 1 is 1.17 bits per heavy atom. The zero-order valence-corrected chi connectivity index (χ0v) is 15.3. The second-order valence-electron chi connectivity index (χ2n) is 7.56. The average molecular weight is 329 g/mol. The Bertz CT molecular complexity index is 532. The smallest absolute Gasteiger partial charge is 0.191 e. The van der Waals surface area contributed by atoms with Gasteiger partial charge >= 0.3 is 0 Å². The van der Waals surface area contributed by atoms with Gasteiger partial charge in [0.25, 0.3) is 0 Å². The van der Waals surface area contributed by atoms with Crippen molar-refractivity contribution in [2.75, 3.05) is 20.1 Å². The van der Waals surface area contributed by atoms with Crippen molar-refractivity contribution in [1.29, 1.82) is 0 Å². The topological polar surface area (TPSA) is 39.7 Å². The van der Waals surface area contributed by atoms with Gasteiger partial charge in [-0.25, -0.2) is 0 Å². The molecule has 2 N–H and O–H groups in total. The summed E-state index contributed by atoms with van der Waals surface area (Å²) in [6, 6.07) is 12.6. The molecule has 1 aromatic carbocycles. The lowest BCUT2D eigenvalue weighted by atomic mass is 10.0. The summed E-state index contributed by atoms with van der Waals surface area (Å²) in [7, 11) is 1.88. The molecular formula is C20H32N4. The highest BCUT2D eigenvalue weighted by atomic mass is 15.2. The molecule has 2 atom stereocenters. The van der Waals surface area contributed by atoms with E-state index in [1.54, 1.807) is 0 Å². The Kier molecular flexibility index (Phi) is 5.77. The highest BCUT2D eigenvalue weighted by molar-refractivity contribution is 5.80. The highest BCUT2D eigenvalue weighted by Gasteiger charge is 2.37. The summed E-state index contributed by atoms with van der Waals surface area (Å²) in [6.07, 6.45) is 4.83. The van der Waals surface area contributed by atoms with Crippen molar-refractivity contribution in [2.45, 2.75) is 57.7 Å². The fourth-order valence-corrected chi connectivity index (χ4v) is 3.67. The first-order chi connectivity index (χ1) is 11.7. The van der Waals surface area contributed by atoms with Gasteiger partial charge in [-0.15, -0.1) is 0 Å². The number of hydrogen-bond acceptors (Lipinski definition) is 2. The summed E-state index contributed by atoms with van der Waals surface area (Å²) in [4.78, 5) is 7.00. The van der Waals surface area contributed by atoms with E-state index in [4.69, 9.17) is 0 Å². The molecule has 2 unspecified atom stereocenters. The van der Waals surface area contributed by atoms with Crippen molar-refractivity contribution in [3.63, 3.8) is 0 Å². The zero-order chi connectivity index (χ0) is 16.9. The molecule has 1 saturated carbocycles. The summed E-state index contributed by atoms with van der Waals surface area (Å²) >= 11 is 0. The number of aliphatic imine (C=N–C) groups is 1. The van der Waals surface area contributed by atoms with E-state index in [0.29, 0.717) is 18.1 Å². The summed E-state index contributed by atoms with van der Waals surface area (Å²) in [5.41, 5.74) is 1.44. The minimum Gasteiger partial charge on any atom is -0.354 e. The minimum absolute atomic E-state index is 0.553. The number of rotatable bonds is 5. The van der Waals surface area contributed by atoms with Crippen molar-refractivity contribution in [3.05, 3.63) is 35.9 Å². The molecule has 1 saturated heterocycles. The molecule has 0 aromatic heterocycles. The van der Waals surface area contributed by atoms with Crippen molar-refractivity contribution < 1.29 is 0 Å². The molecule has 4 nitrogen and oxygen atoms in total. The third-order valence-corrected chi connectivity index (χ3v) is 5.41. The molecule has 132 valence electrons. The van der Waals surface area contributed by atoms with E-state index >= 15 is 0 Å². The van der Waals surface area contributed by atoms with Crippen LogP contribution in [-0.2, 0) is 6.42 Å². The van der Waals surface area contributed by atoms with E-state index in [9.17, 15) is 0 Å². The van der Waals surface area contributed by atoms with Crippen LogP contribution in [-0.4, -0.2) is 49.1 Å². The van der Waals surface area contributed by atoms with Crippen LogP contribution in [0.3, 0.4) is 0 Å². The predicted octanol–water partition coefficient (Wildman–Crippen LogP) is 2.66. The fraction of sp³-hybridized carbons (Fsp3) is 0.650. The molecule has 1 aromatic rings. The second kappa shape index (κ2) is 8.02. The minimum atomic E-state index is 0.553. The van der Waals surface area contributed by atoms with Crippen LogP contribution in [0, 0.1) is 5.92 Å². The van der Waals surface area contributed by atoms with Crippen molar-refractivity contribution in [3.8, 4) is 0 Å². The lowest BCUT2D eigenvalue weighted by molar-refractivity contribution is 0.167. The van der Waals surface area contributed by atoms with Crippen LogP contribution in [0.2, 0.25) is 0 Å². The van der Waals surface area contributed by atoms with Gasteiger partial charge in [-0.05, 0) is 51.0 Å². The van der Waals surface area contributed by atoms with Crippen LogP contribution < -0.4 is 10.6 Å². The van der Waals surface area contributed by atoms with E-state index in [1.807, 2.05) is 7.05 Å². The van der Waals surface area contributed by atoms with E-state index in [-0.39, 0.29) is 0 Å². The molecule has 1 aliphatic carbocycles. The Morgan fingerprint density at radius 3 is 2.50 bits per heavy atom. The molecule has 0 spiro atoms. The summed E-state index contributed by atoms with van der Waals surface area (Å²) in [6.45, 7) is 6.95. The summed E-state index contributed by atoms with van der Waals surface area (Å²) < 4.78 is 0. The van der Waals surface area contributed by atoms with Crippen LogP contribution >= 0.6 is 0 Å². The van der Waals surface area contributed by atoms with Gasteiger partial charge in [-0.3, -0.25) is 4.99 Å². The Morgan fingerprint density at radius 2 is 1.88 bits per heavy atom. The third kappa shape index (κ3) is 4.73. The number of piperidine rings is 1. The van der Waals surface area contributed by atoms with Crippen LogP contribution in [0.15, 0.2) is 35.3 Å². The fourth-order valence-electron chi connectivity index (χ4n) is 3.67. The molecule has 1 aliphatic heterocycles. The number of benzene rings is 1. The number of likely N-dealkylation sites (tertiary alicyclic amines) is 1. The summed E-state index contributed by atoms with van der Waals surface area (Å²) in [5.74, 6) is 1.73. The molecule has 24 heavy (non-hydrogen) atoms. The molecule has 0 radical (unpaired) electrons. The normalized spacial score (nSPS) is 25.8. The number of guanidine groups is 1. The van der Waals surface area contributed by atoms with Crippen LogP contribution in [0.25, 0.3) is 0 Å². The predicted molar refractivity (Wildman–Crippen MR) is 101 cm³/mol. The Balaban J connectivity index is 1.40. The van der Waals surface area contributed by atoms with E-state index in [2.05, 4.69) is 64.7 Å². The maximum absolute atomic E-state index is 4.44. The van der Waals surface area contributed by atoms with Crippen LogP contribution in [0.4, 0.5) is 0 Å². The maximum atomic E-state index is 4.44. The van der Waals surface area contributed by atoms with Crippen LogP contribution in [0.5, 0.6) is 0 Å². The number of nitrogens with zero attached hydrogens (tertiary/aromatic N) is 2. The molecule has 3 rings (SSSR count). The van der Waals surface area contributed by atoms with Gasteiger partial charge < -0.3 is 15.5 Å². The molecule has 0 amide bonds. The third-order valence-electron chi connectivity index (χ3n) is 5.41. The van der Waals surface area contributed by atoms with Crippen molar-refractivity contribution >= 4 is 5.96 Å². The Hall–Kier alpha value is -1.55. The second-order valence-corrected chi connectivity index (χ2v) is 7.56. The van der Waals surface area contributed by atoms with Gasteiger partial charge in [0.2, 0.25) is 0 Å². The Labute approximate surface area is 146 Å². The maximum Gasteiger partial charge on any atom is 0.191 e. The number of hydrogen-bond donors (Lipinski definition) is 2. The molecular weight excluding hydrogens is 296 g/mol. The monoisotopic (exact) mass is 328 g/mol. The van der Waals surface area contributed by atoms with E-state index < -0.39 is 0 Å². The first kappa shape index (κ1) is 17.3. The standard InChI is InChI=1S/C20H32N4/c1-15(2)24-11-9-18(10-12-24)22-20(21-3)23-19-14-17(19)13-16-7-5-4-6-8-16/h4-8,15,17-19H,9-14H2,1-3H3,(H2,21,22,23).